The van der Waals surface area contributed by atoms with Crippen LogP contribution in [0, 0.1) is 0 Å². The summed E-state index contributed by atoms with van der Waals surface area (Å²) in [6.45, 7) is 6.30. The van der Waals surface area contributed by atoms with Gasteiger partial charge in [-0.3, -0.25) is 4.79 Å². The van der Waals surface area contributed by atoms with Crippen molar-refractivity contribution in [3.63, 3.8) is 0 Å². The van der Waals surface area contributed by atoms with E-state index in [1.807, 2.05) is 19.9 Å². The van der Waals surface area contributed by atoms with E-state index in [4.69, 9.17) is 5.73 Å². The van der Waals surface area contributed by atoms with E-state index in [0.717, 1.165) is 16.4 Å². The van der Waals surface area contributed by atoms with Crippen LogP contribution in [0.4, 0.5) is 0 Å². The Morgan fingerprint density at radius 2 is 2.05 bits per heavy atom. The second kappa shape index (κ2) is 7.53. The molecule has 0 spiro atoms. The molecule has 1 aromatic carbocycles. The molecule has 0 aliphatic carbocycles. The van der Waals surface area contributed by atoms with Gasteiger partial charge < -0.3 is 11.1 Å². The van der Waals surface area contributed by atoms with Gasteiger partial charge in [0.25, 0.3) is 0 Å². The Bertz CT molecular complexity index is 587. The quantitative estimate of drug-likeness (QED) is 0.744. The maximum absolute atomic E-state index is 12.5. The van der Waals surface area contributed by atoms with Gasteiger partial charge in [0.2, 0.25) is 15.9 Å². The summed E-state index contributed by atoms with van der Waals surface area (Å²) in [6.07, 6.45) is 0. The van der Waals surface area contributed by atoms with Crippen LogP contribution in [0.25, 0.3) is 0 Å². The maximum atomic E-state index is 12.5. The average molecular weight is 313 g/mol. The van der Waals surface area contributed by atoms with Crippen LogP contribution < -0.4 is 11.1 Å². The second-order valence-electron chi connectivity index (χ2n) is 4.75. The molecule has 0 saturated heterocycles. The van der Waals surface area contributed by atoms with Gasteiger partial charge in [-0.1, -0.05) is 26.0 Å². The molecule has 0 radical (unpaired) electrons. The van der Waals surface area contributed by atoms with E-state index >= 15 is 0 Å². The molecule has 0 heterocycles. The van der Waals surface area contributed by atoms with Gasteiger partial charge in [-0.05, 0) is 31.2 Å². The van der Waals surface area contributed by atoms with E-state index in [0.29, 0.717) is 0 Å². The van der Waals surface area contributed by atoms with Crippen molar-refractivity contribution in [3.8, 4) is 0 Å². The van der Waals surface area contributed by atoms with E-state index in [-0.39, 0.29) is 24.0 Å². The highest BCUT2D eigenvalue weighted by Crippen LogP contribution is 2.20. The molecule has 0 aromatic heterocycles. The molecule has 1 amide bonds. The minimum absolute atomic E-state index is 0.0522. The zero-order chi connectivity index (χ0) is 16.0. The van der Waals surface area contributed by atoms with E-state index < -0.39 is 15.9 Å². The van der Waals surface area contributed by atoms with Crippen molar-refractivity contribution in [1.29, 1.82) is 0 Å². The molecule has 3 N–H and O–H groups in total. The van der Waals surface area contributed by atoms with Crippen molar-refractivity contribution in [2.45, 2.75) is 31.7 Å². The largest absolute Gasteiger partial charge is 0.369 e. The average Bonchev–Trinajstić information content (AvgIpc) is 2.44. The van der Waals surface area contributed by atoms with Crippen molar-refractivity contribution in [2.24, 2.45) is 5.73 Å². The smallest absolute Gasteiger partial charge is 0.243 e. The first-order valence-corrected chi connectivity index (χ1v) is 8.38. The highest BCUT2D eigenvalue weighted by atomic mass is 32.2. The summed E-state index contributed by atoms with van der Waals surface area (Å²) in [5.41, 5.74) is 5.99. The van der Waals surface area contributed by atoms with Crippen molar-refractivity contribution in [2.75, 3.05) is 19.6 Å². The highest BCUT2D eigenvalue weighted by Gasteiger charge is 2.25. The molecule has 0 fully saturated rings. The fourth-order valence-corrected chi connectivity index (χ4v) is 3.53. The standard InChI is InChI=1S/C14H23N3O3S/c1-4-16-11(3)12-7-6-8-13(9-12)21(19,20)17(5-2)10-14(15)18/h6-9,11,16H,4-5,10H2,1-3H3,(H2,15,18). The third-order valence-electron chi connectivity index (χ3n) is 3.19. The topological polar surface area (TPSA) is 92.5 Å². The minimum atomic E-state index is -3.71. The van der Waals surface area contributed by atoms with E-state index in [9.17, 15) is 13.2 Å². The summed E-state index contributed by atoms with van der Waals surface area (Å²) < 4.78 is 26.1. The Hall–Kier alpha value is -1.44. The molecule has 0 aliphatic heterocycles. The highest BCUT2D eigenvalue weighted by molar-refractivity contribution is 7.89. The van der Waals surface area contributed by atoms with E-state index in [1.54, 1.807) is 19.1 Å². The van der Waals surface area contributed by atoms with Crippen molar-refractivity contribution in [3.05, 3.63) is 29.8 Å². The summed E-state index contributed by atoms with van der Waals surface area (Å²) in [4.78, 5) is 11.2. The molecule has 1 atom stereocenters. The second-order valence-corrected chi connectivity index (χ2v) is 6.69. The fourth-order valence-electron chi connectivity index (χ4n) is 2.06. The SMILES string of the molecule is CCNC(C)c1cccc(S(=O)(=O)N(CC)CC(N)=O)c1. The third-order valence-corrected chi connectivity index (χ3v) is 5.11. The monoisotopic (exact) mass is 313 g/mol. The third kappa shape index (κ3) is 4.52. The molecule has 7 heteroatoms. The lowest BCUT2D eigenvalue weighted by Crippen LogP contribution is -2.38. The van der Waals surface area contributed by atoms with Gasteiger partial charge in [0.1, 0.15) is 0 Å². The van der Waals surface area contributed by atoms with Gasteiger partial charge in [0, 0.05) is 12.6 Å². The first-order chi connectivity index (χ1) is 9.82. The lowest BCUT2D eigenvalue weighted by Gasteiger charge is -2.20. The number of likely N-dealkylation sites (N-methyl/N-ethyl adjacent to an activating group) is 1. The van der Waals surface area contributed by atoms with Gasteiger partial charge >= 0.3 is 0 Å². The Balaban J connectivity index is 3.13. The molecule has 21 heavy (non-hydrogen) atoms. The summed E-state index contributed by atoms with van der Waals surface area (Å²) in [5, 5.41) is 3.23. The lowest BCUT2D eigenvalue weighted by molar-refractivity contribution is -0.118. The Morgan fingerprint density at radius 3 is 2.57 bits per heavy atom. The van der Waals surface area contributed by atoms with Crippen LogP contribution in [0.15, 0.2) is 29.2 Å². The van der Waals surface area contributed by atoms with Gasteiger partial charge in [-0.2, -0.15) is 4.31 Å². The van der Waals surface area contributed by atoms with Crippen molar-refractivity contribution in [1.82, 2.24) is 9.62 Å². The van der Waals surface area contributed by atoms with Crippen molar-refractivity contribution < 1.29 is 13.2 Å². The lowest BCUT2D eigenvalue weighted by atomic mass is 10.1. The zero-order valence-corrected chi connectivity index (χ0v) is 13.5. The molecular weight excluding hydrogens is 290 g/mol. The Kier molecular flexibility index (Phi) is 6.32. The number of carbonyl (C=O) groups excluding carboxylic acids is 1. The molecule has 1 aromatic rings. The van der Waals surface area contributed by atoms with Crippen LogP contribution in [0.3, 0.4) is 0 Å². The fraction of sp³-hybridized carbons (Fsp3) is 0.500. The number of rotatable bonds is 8. The van der Waals surface area contributed by atoms with Gasteiger partial charge in [-0.15, -0.1) is 0 Å². The van der Waals surface area contributed by atoms with Crippen LogP contribution in [0.1, 0.15) is 32.4 Å². The molecule has 0 bridgehead atoms. The number of nitrogens with two attached hydrogens (primary N) is 1. The molecule has 0 saturated carbocycles. The number of benzene rings is 1. The van der Waals surface area contributed by atoms with E-state index in [2.05, 4.69) is 5.32 Å². The van der Waals surface area contributed by atoms with Crippen LogP contribution in [0.5, 0.6) is 0 Å². The number of carbonyl (C=O) groups is 1. The molecule has 6 nitrogen and oxygen atoms in total. The Morgan fingerprint density at radius 1 is 1.38 bits per heavy atom. The predicted molar refractivity (Wildman–Crippen MR) is 82.2 cm³/mol. The number of nitrogens with one attached hydrogen (secondary N) is 1. The molecule has 1 rings (SSSR count). The number of amides is 1. The van der Waals surface area contributed by atoms with Gasteiger partial charge in [0.05, 0.1) is 11.4 Å². The van der Waals surface area contributed by atoms with Crippen LogP contribution >= 0.6 is 0 Å². The number of nitrogens with zero attached hydrogens (tertiary/aromatic N) is 1. The summed E-state index contributed by atoms with van der Waals surface area (Å²) in [7, 11) is -3.71. The first-order valence-electron chi connectivity index (χ1n) is 6.94. The molecule has 1 unspecified atom stereocenters. The van der Waals surface area contributed by atoms with E-state index in [1.165, 1.54) is 6.07 Å². The van der Waals surface area contributed by atoms with Crippen LogP contribution in [0.2, 0.25) is 0 Å². The number of sulfonamides is 1. The summed E-state index contributed by atoms with van der Waals surface area (Å²) in [6, 6.07) is 6.79. The first kappa shape index (κ1) is 17.6. The minimum Gasteiger partial charge on any atom is -0.369 e. The number of hydrogen-bond donors (Lipinski definition) is 2. The molecule has 118 valence electrons. The summed E-state index contributed by atoms with van der Waals surface area (Å²) in [5.74, 6) is -0.669. The van der Waals surface area contributed by atoms with Crippen LogP contribution in [-0.2, 0) is 14.8 Å². The van der Waals surface area contributed by atoms with Crippen LogP contribution in [-0.4, -0.2) is 38.3 Å². The molecular formula is C14H23N3O3S. The Labute approximate surface area is 126 Å². The normalized spacial score (nSPS) is 13.3. The molecule has 0 aliphatic rings. The van der Waals surface area contributed by atoms with Crippen molar-refractivity contribution >= 4 is 15.9 Å². The predicted octanol–water partition coefficient (Wildman–Crippen LogP) is 0.853. The zero-order valence-electron chi connectivity index (χ0n) is 12.7. The maximum Gasteiger partial charge on any atom is 0.243 e. The number of primary amides is 1. The van der Waals surface area contributed by atoms with Gasteiger partial charge in [0.15, 0.2) is 0 Å². The summed E-state index contributed by atoms with van der Waals surface area (Å²) >= 11 is 0. The number of hydrogen-bond acceptors (Lipinski definition) is 4. The van der Waals surface area contributed by atoms with Gasteiger partial charge in [-0.25, -0.2) is 8.42 Å².